The fourth-order valence-electron chi connectivity index (χ4n) is 6.30. The number of amidine groups is 1. The first kappa shape index (κ1) is 32.6. The van der Waals surface area contributed by atoms with E-state index in [1.165, 1.54) is 39.0 Å². The molecule has 44 heavy (non-hydrogen) atoms. The lowest BCUT2D eigenvalue weighted by Crippen LogP contribution is -2.13. The van der Waals surface area contributed by atoms with Crippen molar-refractivity contribution >= 4 is 11.5 Å². The van der Waals surface area contributed by atoms with Crippen molar-refractivity contribution in [2.24, 2.45) is 15.4 Å². The molecule has 0 radical (unpaired) electrons. The molecule has 2 aromatic carbocycles. The molecule has 4 rings (SSSR count). The lowest BCUT2D eigenvalue weighted by molar-refractivity contribution is 0.543. The molecule has 0 fully saturated rings. The number of aliphatic imine (C=N–C) groups is 2. The summed E-state index contributed by atoms with van der Waals surface area (Å²) in [5.41, 5.74) is 12.1. The van der Waals surface area contributed by atoms with Gasteiger partial charge >= 0.3 is 0 Å². The Morgan fingerprint density at radius 3 is 2.27 bits per heavy atom. The summed E-state index contributed by atoms with van der Waals surface area (Å²) >= 11 is 0. The van der Waals surface area contributed by atoms with Crippen molar-refractivity contribution in [3.8, 4) is 0 Å². The van der Waals surface area contributed by atoms with Crippen molar-refractivity contribution in [2.45, 2.75) is 73.8 Å². The Kier molecular flexibility index (Phi) is 11.1. The second kappa shape index (κ2) is 14.9. The molecule has 0 aromatic heterocycles. The van der Waals surface area contributed by atoms with Crippen LogP contribution in [0.4, 0.5) is 0 Å². The quantitative estimate of drug-likeness (QED) is 0.197. The van der Waals surface area contributed by atoms with E-state index in [1.54, 1.807) is 0 Å². The van der Waals surface area contributed by atoms with Gasteiger partial charge in [-0.05, 0) is 85.1 Å². The van der Waals surface area contributed by atoms with E-state index in [2.05, 4.69) is 146 Å². The van der Waals surface area contributed by atoms with Gasteiger partial charge in [0.2, 0.25) is 0 Å². The smallest absolute Gasteiger partial charge is 0.155 e. The van der Waals surface area contributed by atoms with Crippen LogP contribution in [0, 0.1) is 5.41 Å². The summed E-state index contributed by atoms with van der Waals surface area (Å²) in [6.07, 6.45) is 20.7. The summed E-state index contributed by atoms with van der Waals surface area (Å²) in [6.45, 7) is 19.7. The van der Waals surface area contributed by atoms with Crippen LogP contribution in [0.15, 0.2) is 165 Å². The summed E-state index contributed by atoms with van der Waals surface area (Å²) in [6, 6.07) is 20.8. The highest BCUT2D eigenvalue weighted by atomic mass is 14.9. The topological polar surface area (TPSA) is 24.7 Å². The number of rotatable bonds is 10. The summed E-state index contributed by atoms with van der Waals surface area (Å²) < 4.78 is 0. The third-order valence-corrected chi connectivity index (χ3v) is 8.70. The lowest BCUT2D eigenvalue weighted by atomic mass is 9.79. The van der Waals surface area contributed by atoms with Gasteiger partial charge in [0.05, 0.1) is 6.04 Å². The number of allylic oxidation sites excluding steroid dienone is 13. The molecular formula is C42H48N2. The van der Waals surface area contributed by atoms with Crippen LogP contribution in [0.5, 0.6) is 0 Å². The highest BCUT2D eigenvalue weighted by Crippen LogP contribution is 2.50. The SMILES string of the molecule is C=CC1=C(/C=C\C)C(/C=C(\CC)C2=CCC=CC(C(=NC(C)c3ccccc3)N=C(C)c3ccccc3)=C2)=C(CC)C1(C)C. The Morgan fingerprint density at radius 1 is 0.977 bits per heavy atom. The van der Waals surface area contributed by atoms with Gasteiger partial charge in [-0.1, -0.05) is 143 Å². The normalized spacial score (nSPS) is 18.5. The predicted molar refractivity (Wildman–Crippen MR) is 192 cm³/mol. The van der Waals surface area contributed by atoms with E-state index in [-0.39, 0.29) is 11.5 Å². The maximum atomic E-state index is 5.23. The van der Waals surface area contributed by atoms with Gasteiger partial charge in [0.1, 0.15) is 0 Å². The number of nitrogens with zero attached hydrogens (tertiary/aromatic N) is 2. The van der Waals surface area contributed by atoms with Crippen LogP contribution in [-0.2, 0) is 0 Å². The maximum absolute atomic E-state index is 5.23. The Balaban J connectivity index is 1.86. The minimum atomic E-state index is -0.0481. The zero-order valence-electron chi connectivity index (χ0n) is 27.7. The Hall–Kier alpha value is -4.30. The molecule has 0 saturated carbocycles. The monoisotopic (exact) mass is 580 g/mol. The summed E-state index contributed by atoms with van der Waals surface area (Å²) in [5, 5.41) is 0. The second-order valence-corrected chi connectivity index (χ2v) is 11.9. The van der Waals surface area contributed by atoms with Gasteiger partial charge in [-0.25, -0.2) is 4.99 Å². The number of hydrogen-bond donors (Lipinski definition) is 0. The minimum Gasteiger partial charge on any atom is -0.258 e. The predicted octanol–water partition coefficient (Wildman–Crippen LogP) is 11.6. The molecule has 2 aromatic rings. The van der Waals surface area contributed by atoms with Crippen LogP contribution in [0.25, 0.3) is 0 Å². The molecule has 0 amide bonds. The van der Waals surface area contributed by atoms with Gasteiger partial charge in [0, 0.05) is 16.7 Å². The molecule has 1 atom stereocenters. The third-order valence-electron chi connectivity index (χ3n) is 8.70. The molecular weight excluding hydrogens is 532 g/mol. The Labute approximate surface area is 266 Å². The van der Waals surface area contributed by atoms with Crippen molar-refractivity contribution < 1.29 is 0 Å². The largest absolute Gasteiger partial charge is 0.258 e. The zero-order valence-corrected chi connectivity index (χ0v) is 27.7. The van der Waals surface area contributed by atoms with E-state index in [0.29, 0.717) is 0 Å². The highest BCUT2D eigenvalue weighted by molar-refractivity contribution is 6.12. The van der Waals surface area contributed by atoms with Crippen LogP contribution in [0.2, 0.25) is 0 Å². The fraction of sp³-hybridized carbons (Fsp3) is 0.286. The Bertz CT molecular complexity index is 1630. The maximum Gasteiger partial charge on any atom is 0.155 e. The molecule has 0 aliphatic heterocycles. The van der Waals surface area contributed by atoms with Gasteiger partial charge in [-0.15, -0.1) is 0 Å². The van der Waals surface area contributed by atoms with Gasteiger partial charge in [0.15, 0.2) is 5.84 Å². The van der Waals surface area contributed by atoms with Gasteiger partial charge < -0.3 is 0 Å². The second-order valence-electron chi connectivity index (χ2n) is 11.9. The van der Waals surface area contributed by atoms with Crippen LogP contribution in [0.1, 0.15) is 84.9 Å². The standard InChI is InChI=1S/C42H48N2/c1-9-21-37-38(40(12-4)42(7,8)39(37)11-3)29-32(10-2)35-26-19-20-27-36(28-35)41(43-30(5)33-22-15-13-16-23-33)44-31(6)34-24-17-14-18-25-34/h9,11,13-18,20-30H,3,10,12,19H2,1-2,4-8H3/b21-9-,32-29+,43-41?,44-31?. The molecule has 1 unspecified atom stereocenters. The summed E-state index contributed by atoms with van der Waals surface area (Å²) in [5.74, 6) is 0.751. The molecule has 2 nitrogen and oxygen atoms in total. The third kappa shape index (κ3) is 7.25. The number of hydrogen-bond acceptors (Lipinski definition) is 1. The summed E-state index contributed by atoms with van der Waals surface area (Å²) in [4.78, 5) is 10.4. The van der Waals surface area contributed by atoms with Crippen LogP contribution >= 0.6 is 0 Å². The summed E-state index contributed by atoms with van der Waals surface area (Å²) in [7, 11) is 0. The first-order valence-corrected chi connectivity index (χ1v) is 16.0. The van der Waals surface area contributed by atoms with Crippen LogP contribution < -0.4 is 0 Å². The first-order valence-electron chi connectivity index (χ1n) is 16.0. The van der Waals surface area contributed by atoms with Crippen molar-refractivity contribution in [3.63, 3.8) is 0 Å². The molecule has 2 heteroatoms. The van der Waals surface area contributed by atoms with E-state index >= 15 is 0 Å². The van der Waals surface area contributed by atoms with E-state index in [9.17, 15) is 0 Å². The van der Waals surface area contributed by atoms with Gasteiger partial charge in [-0.2, -0.15) is 0 Å². The molecule has 2 aliphatic carbocycles. The molecule has 226 valence electrons. The van der Waals surface area contributed by atoms with Crippen molar-refractivity contribution in [1.82, 2.24) is 0 Å². The molecule has 0 bridgehead atoms. The van der Waals surface area contributed by atoms with Crippen molar-refractivity contribution in [3.05, 3.63) is 166 Å². The van der Waals surface area contributed by atoms with Gasteiger partial charge in [0.25, 0.3) is 0 Å². The minimum absolute atomic E-state index is 0.0338. The van der Waals surface area contributed by atoms with E-state index < -0.39 is 0 Å². The van der Waals surface area contributed by atoms with Gasteiger partial charge in [-0.3, -0.25) is 4.99 Å². The lowest BCUT2D eigenvalue weighted by Gasteiger charge is -2.25. The molecule has 0 heterocycles. The fourth-order valence-corrected chi connectivity index (χ4v) is 6.30. The first-order chi connectivity index (χ1) is 21.2. The van der Waals surface area contributed by atoms with Crippen molar-refractivity contribution in [2.75, 3.05) is 0 Å². The van der Waals surface area contributed by atoms with Crippen LogP contribution in [0.3, 0.4) is 0 Å². The molecule has 0 saturated heterocycles. The molecule has 0 spiro atoms. The number of benzene rings is 2. The van der Waals surface area contributed by atoms with E-state index in [0.717, 1.165) is 41.9 Å². The van der Waals surface area contributed by atoms with Crippen molar-refractivity contribution in [1.29, 1.82) is 0 Å². The van der Waals surface area contributed by atoms with E-state index in [1.807, 2.05) is 18.2 Å². The van der Waals surface area contributed by atoms with Crippen LogP contribution in [-0.4, -0.2) is 11.5 Å². The molecule has 0 N–H and O–H groups in total. The Morgan fingerprint density at radius 2 is 1.66 bits per heavy atom. The zero-order chi connectivity index (χ0) is 31.7. The molecule has 2 aliphatic rings. The van der Waals surface area contributed by atoms with E-state index in [4.69, 9.17) is 9.98 Å². The average Bonchev–Trinajstić information content (AvgIpc) is 3.17. The average molecular weight is 581 g/mol. The highest BCUT2D eigenvalue weighted by Gasteiger charge is 2.36.